The Labute approximate surface area is 113 Å². The third-order valence-corrected chi connectivity index (χ3v) is 2.89. The number of nitriles is 1. The lowest BCUT2D eigenvalue weighted by atomic mass is 10.1. The van der Waals surface area contributed by atoms with Gasteiger partial charge in [-0.15, -0.1) is 0 Å². The molecule has 0 saturated carbocycles. The molecular formula is C14H18N2O3. The maximum absolute atomic E-state index is 8.73. The van der Waals surface area contributed by atoms with Gasteiger partial charge in [0.15, 0.2) is 11.5 Å². The van der Waals surface area contributed by atoms with Gasteiger partial charge in [-0.2, -0.15) is 5.26 Å². The summed E-state index contributed by atoms with van der Waals surface area (Å²) >= 11 is 0. The topological polar surface area (TPSA) is 63.5 Å². The highest BCUT2D eigenvalue weighted by atomic mass is 16.6. The molecule has 1 unspecified atom stereocenters. The second-order valence-corrected chi connectivity index (χ2v) is 4.48. The predicted molar refractivity (Wildman–Crippen MR) is 70.5 cm³/mol. The Morgan fingerprint density at radius 2 is 2.21 bits per heavy atom. The molecule has 1 aromatic rings. The predicted octanol–water partition coefficient (Wildman–Crippen LogP) is 1.72. The van der Waals surface area contributed by atoms with Crippen molar-refractivity contribution in [2.24, 2.45) is 5.92 Å². The fourth-order valence-electron chi connectivity index (χ4n) is 1.91. The molecule has 0 fully saturated rings. The number of rotatable bonds is 5. The Morgan fingerprint density at radius 1 is 1.42 bits per heavy atom. The number of nitrogens with zero attached hydrogens (tertiary/aromatic N) is 1. The normalized spacial score (nSPS) is 14.6. The average molecular weight is 262 g/mol. The fourth-order valence-corrected chi connectivity index (χ4v) is 1.91. The van der Waals surface area contributed by atoms with Crippen molar-refractivity contribution in [3.05, 3.63) is 17.7 Å². The van der Waals surface area contributed by atoms with Crippen LogP contribution < -0.4 is 19.5 Å². The van der Waals surface area contributed by atoms with E-state index in [1.807, 2.05) is 19.1 Å². The quantitative estimate of drug-likeness (QED) is 0.875. The summed E-state index contributed by atoms with van der Waals surface area (Å²) in [5, 5.41) is 12.0. The molecule has 19 heavy (non-hydrogen) atoms. The molecule has 0 spiro atoms. The Balaban J connectivity index is 2.07. The SMILES string of the molecule is COc1cc(CNCC(C)C#N)cc2c1OCCO2. The number of hydrogen-bond donors (Lipinski definition) is 1. The lowest BCUT2D eigenvalue weighted by Gasteiger charge is -2.21. The third-order valence-electron chi connectivity index (χ3n) is 2.89. The van der Waals surface area contributed by atoms with Gasteiger partial charge in [0.05, 0.1) is 19.1 Å². The van der Waals surface area contributed by atoms with Crippen molar-refractivity contribution < 1.29 is 14.2 Å². The van der Waals surface area contributed by atoms with Crippen LogP contribution in [-0.2, 0) is 6.54 Å². The van der Waals surface area contributed by atoms with E-state index in [1.54, 1.807) is 7.11 Å². The minimum Gasteiger partial charge on any atom is -0.493 e. The molecule has 0 radical (unpaired) electrons. The summed E-state index contributed by atoms with van der Waals surface area (Å²) in [6.07, 6.45) is 0. The van der Waals surface area contributed by atoms with Crippen molar-refractivity contribution in [1.29, 1.82) is 5.26 Å². The monoisotopic (exact) mass is 262 g/mol. The van der Waals surface area contributed by atoms with E-state index in [4.69, 9.17) is 19.5 Å². The van der Waals surface area contributed by atoms with Crippen LogP contribution >= 0.6 is 0 Å². The largest absolute Gasteiger partial charge is 0.493 e. The van der Waals surface area contributed by atoms with E-state index < -0.39 is 0 Å². The van der Waals surface area contributed by atoms with Gasteiger partial charge < -0.3 is 19.5 Å². The van der Waals surface area contributed by atoms with Crippen LogP contribution in [0, 0.1) is 17.2 Å². The van der Waals surface area contributed by atoms with Crippen LogP contribution in [0.3, 0.4) is 0 Å². The standard InChI is InChI=1S/C14H18N2O3/c1-10(7-15)8-16-9-11-5-12(17-2)14-13(6-11)18-3-4-19-14/h5-6,10,16H,3-4,8-9H2,1-2H3. The number of fused-ring (bicyclic) bond motifs is 1. The zero-order chi connectivity index (χ0) is 13.7. The molecule has 1 aromatic carbocycles. The van der Waals surface area contributed by atoms with Crippen LogP contribution in [0.1, 0.15) is 12.5 Å². The van der Waals surface area contributed by atoms with Crippen molar-refractivity contribution in [2.75, 3.05) is 26.9 Å². The van der Waals surface area contributed by atoms with Crippen LogP contribution in [0.25, 0.3) is 0 Å². The number of hydrogen-bond acceptors (Lipinski definition) is 5. The number of ether oxygens (including phenoxy) is 3. The first kappa shape index (κ1) is 13.5. The van der Waals surface area contributed by atoms with Gasteiger partial charge in [0, 0.05) is 13.1 Å². The van der Waals surface area contributed by atoms with E-state index in [2.05, 4.69) is 11.4 Å². The molecule has 1 aliphatic rings. The highest BCUT2D eigenvalue weighted by Gasteiger charge is 2.18. The van der Waals surface area contributed by atoms with Gasteiger partial charge in [0.1, 0.15) is 13.2 Å². The van der Waals surface area contributed by atoms with Gasteiger partial charge >= 0.3 is 0 Å². The third kappa shape index (κ3) is 3.30. The lowest BCUT2D eigenvalue weighted by molar-refractivity contribution is 0.165. The summed E-state index contributed by atoms with van der Waals surface area (Å²) in [5.74, 6) is 2.07. The molecule has 0 bridgehead atoms. The summed E-state index contributed by atoms with van der Waals surface area (Å²) in [6, 6.07) is 6.07. The smallest absolute Gasteiger partial charge is 0.203 e. The molecule has 1 heterocycles. The van der Waals surface area contributed by atoms with E-state index in [9.17, 15) is 0 Å². The minimum atomic E-state index is -0.000828. The Kier molecular flexibility index (Phi) is 4.48. The molecule has 0 aliphatic carbocycles. The zero-order valence-corrected chi connectivity index (χ0v) is 11.2. The first-order chi connectivity index (χ1) is 9.24. The molecule has 1 atom stereocenters. The summed E-state index contributed by atoms with van der Waals surface area (Å²) in [6.45, 7) is 4.31. The van der Waals surface area contributed by atoms with Crippen LogP contribution in [0.4, 0.5) is 0 Å². The minimum absolute atomic E-state index is 0.000828. The van der Waals surface area contributed by atoms with E-state index in [1.165, 1.54) is 0 Å². The van der Waals surface area contributed by atoms with Gasteiger partial charge in [-0.1, -0.05) is 0 Å². The number of benzene rings is 1. The Bertz CT molecular complexity index is 465. The summed E-state index contributed by atoms with van der Waals surface area (Å²) in [7, 11) is 1.61. The van der Waals surface area contributed by atoms with E-state index in [-0.39, 0.29) is 5.92 Å². The second kappa shape index (κ2) is 6.30. The van der Waals surface area contributed by atoms with Crippen molar-refractivity contribution >= 4 is 0 Å². The van der Waals surface area contributed by atoms with Gasteiger partial charge in [-0.3, -0.25) is 0 Å². The van der Waals surface area contributed by atoms with Crippen molar-refractivity contribution in [3.63, 3.8) is 0 Å². The molecule has 1 aliphatic heterocycles. The molecule has 102 valence electrons. The second-order valence-electron chi connectivity index (χ2n) is 4.48. The number of nitrogens with one attached hydrogen (secondary N) is 1. The molecule has 2 rings (SSSR count). The molecular weight excluding hydrogens is 244 g/mol. The average Bonchev–Trinajstić information content (AvgIpc) is 2.46. The van der Waals surface area contributed by atoms with E-state index in [0.29, 0.717) is 37.8 Å². The summed E-state index contributed by atoms with van der Waals surface area (Å²) in [5.41, 5.74) is 1.05. The van der Waals surface area contributed by atoms with Gasteiger partial charge in [0.25, 0.3) is 0 Å². The fraction of sp³-hybridized carbons (Fsp3) is 0.500. The molecule has 5 heteroatoms. The maximum atomic E-state index is 8.73. The van der Waals surface area contributed by atoms with Crippen molar-refractivity contribution in [3.8, 4) is 23.3 Å². The lowest BCUT2D eigenvalue weighted by Crippen LogP contribution is -2.20. The molecule has 0 aromatic heterocycles. The summed E-state index contributed by atoms with van der Waals surface area (Å²) in [4.78, 5) is 0. The van der Waals surface area contributed by atoms with Crippen LogP contribution in [0.2, 0.25) is 0 Å². The Hall–Kier alpha value is -1.93. The molecule has 0 amide bonds. The Morgan fingerprint density at radius 3 is 2.95 bits per heavy atom. The molecule has 5 nitrogen and oxygen atoms in total. The summed E-state index contributed by atoms with van der Waals surface area (Å²) < 4.78 is 16.4. The van der Waals surface area contributed by atoms with Gasteiger partial charge in [0.2, 0.25) is 5.75 Å². The van der Waals surface area contributed by atoms with E-state index >= 15 is 0 Å². The van der Waals surface area contributed by atoms with E-state index in [0.717, 1.165) is 11.3 Å². The van der Waals surface area contributed by atoms with Crippen molar-refractivity contribution in [1.82, 2.24) is 5.32 Å². The van der Waals surface area contributed by atoms with Gasteiger partial charge in [-0.25, -0.2) is 0 Å². The maximum Gasteiger partial charge on any atom is 0.203 e. The molecule has 0 saturated heterocycles. The number of methoxy groups -OCH3 is 1. The first-order valence-electron chi connectivity index (χ1n) is 6.31. The first-order valence-corrected chi connectivity index (χ1v) is 6.31. The zero-order valence-electron chi connectivity index (χ0n) is 11.2. The van der Waals surface area contributed by atoms with Crippen LogP contribution in [0.5, 0.6) is 17.2 Å². The highest BCUT2D eigenvalue weighted by Crippen LogP contribution is 2.40. The van der Waals surface area contributed by atoms with Crippen molar-refractivity contribution in [2.45, 2.75) is 13.5 Å². The molecule has 1 N–H and O–H groups in total. The van der Waals surface area contributed by atoms with Crippen LogP contribution in [0.15, 0.2) is 12.1 Å². The highest BCUT2D eigenvalue weighted by molar-refractivity contribution is 5.54. The van der Waals surface area contributed by atoms with Gasteiger partial charge in [-0.05, 0) is 24.6 Å². The van der Waals surface area contributed by atoms with Crippen LogP contribution in [-0.4, -0.2) is 26.9 Å².